The summed E-state index contributed by atoms with van der Waals surface area (Å²) in [7, 11) is -0.909. The predicted octanol–water partition coefficient (Wildman–Crippen LogP) is 3.97. The molecule has 0 spiro atoms. The fourth-order valence-corrected chi connectivity index (χ4v) is 4.10. The zero-order valence-corrected chi connectivity index (χ0v) is 22.3. The van der Waals surface area contributed by atoms with E-state index in [4.69, 9.17) is 9.47 Å². The van der Waals surface area contributed by atoms with Gasteiger partial charge in [0.25, 0.3) is 0 Å². The van der Waals surface area contributed by atoms with Crippen molar-refractivity contribution in [3.05, 3.63) is 60.3 Å². The van der Waals surface area contributed by atoms with Crippen molar-refractivity contribution >= 4 is 40.1 Å². The van der Waals surface area contributed by atoms with Crippen LogP contribution in [0.25, 0.3) is 11.1 Å². The molecule has 0 aliphatic rings. The Morgan fingerprint density at radius 1 is 1.18 bits per heavy atom. The van der Waals surface area contributed by atoms with Gasteiger partial charge in [-0.15, -0.1) is 4.36 Å². The first-order valence-electron chi connectivity index (χ1n) is 12.0. The molecule has 0 bridgehead atoms. The summed E-state index contributed by atoms with van der Waals surface area (Å²) in [6.45, 7) is 3.53. The van der Waals surface area contributed by atoms with Gasteiger partial charge in [-0.05, 0) is 55.7 Å². The number of nitrogens with one attached hydrogen (secondary N) is 2. The molecule has 3 rings (SSSR count). The molecule has 0 radical (unpaired) electrons. The number of thiol groups is 1. The van der Waals surface area contributed by atoms with E-state index in [2.05, 4.69) is 25.0 Å². The van der Waals surface area contributed by atoms with E-state index in [1.54, 1.807) is 37.4 Å². The maximum atomic E-state index is 12.2. The molecule has 0 saturated carbocycles. The Kier molecular flexibility index (Phi) is 10.6. The van der Waals surface area contributed by atoms with Crippen molar-refractivity contribution in [3.63, 3.8) is 0 Å². The molecular formula is C26H31N5O6S. The lowest BCUT2D eigenvalue weighted by Gasteiger charge is -2.17. The third-order valence-corrected chi connectivity index (χ3v) is 6.40. The van der Waals surface area contributed by atoms with Crippen molar-refractivity contribution in [2.24, 2.45) is 4.36 Å². The third-order valence-electron chi connectivity index (χ3n) is 5.31. The number of aliphatic hydroxyl groups is 1. The molecule has 202 valence electrons. The number of benzene rings is 2. The lowest BCUT2D eigenvalue weighted by Crippen LogP contribution is -2.21. The Labute approximate surface area is 222 Å². The molecule has 38 heavy (non-hydrogen) atoms. The van der Waals surface area contributed by atoms with Gasteiger partial charge >= 0.3 is 12.1 Å². The Morgan fingerprint density at radius 3 is 2.63 bits per heavy atom. The number of carbonyl (C=O) groups excluding carboxylic acids is 2. The monoisotopic (exact) mass is 541 g/mol. The molecule has 0 aliphatic carbocycles. The van der Waals surface area contributed by atoms with Gasteiger partial charge in [0.2, 0.25) is 5.95 Å². The van der Waals surface area contributed by atoms with Crippen molar-refractivity contribution in [1.29, 1.82) is 0 Å². The molecule has 2 aromatic carbocycles. The maximum absolute atomic E-state index is 12.2. The second kappa shape index (κ2) is 14.1. The average molecular weight is 542 g/mol. The lowest BCUT2D eigenvalue weighted by molar-refractivity contribution is -0.140. The van der Waals surface area contributed by atoms with E-state index < -0.39 is 16.7 Å². The molecule has 0 aliphatic heterocycles. The van der Waals surface area contributed by atoms with Gasteiger partial charge in [-0.25, -0.2) is 14.0 Å². The van der Waals surface area contributed by atoms with Crippen molar-refractivity contribution < 1.29 is 28.4 Å². The van der Waals surface area contributed by atoms with Crippen LogP contribution < -0.4 is 10.6 Å². The quantitative estimate of drug-likeness (QED) is 0.207. The highest BCUT2D eigenvalue weighted by Gasteiger charge is 2.13. The minimum atomic E-state index is -2.27. The number of aliphatic hydroxyl groups excluding tert-OH is 1. The zero-order valence-electron chi connectivity index (χ0n) is 21.4. The number of methoxy groups -OCH3 is 1. The number of hydrogen-bond acceptors (Lipinski definition) is 10. The third kappa shape index (κ3) is 8.25. The van der Waals surface area contributed by atoms with E-state index >= 15 is 0 Å². The summed E-state index contributed by atoms with van der Waals surface area (Å²) in [6, 6.07) is 14.0. The topological polar surface area (TPSA) is 152 Å². The van der Waals surface area contributed by atoms with Crippen LogP contribution in [-0.2, 0) is 31.3 Å². The number of ether oxygens (including phenoxy) is 2. The van der Waals surface area contributed by atoms with E-state index in [1.807, 2.05) is 31.2 Å². The molecule has 3 N–H and O–H groups in total. The van der Waals surface area contributed by atoms with Gasteiger partial charge in [0.1, 0.15) is 5.82 Å². The van der Waals surface area contributed by atoms with Gasteiger partial charge in [-0.2, -0.15) is 4.98 Å². The SMILES string of the molecule is CCOC(=O)/N=[SH](=O)/c1ccc(Nc2ncc(-c3cccc(CCC(=O)OC)c3)c(N[C@H](C)CO)n2)cc1. The fourth-order valence-electron chi connectivity index (χ4n) is 3.37. The molecule has 1 aromatic heterocycles. The van der Waals surface area contributed by atoms with Crippen molar-refractivity contribution in [2.75, 3.05) is 31.0 Å². The largest absolute Gasteiger partial charge is 0.469 e. The molecule has 12 heteroatoms. The highest BCUT2D eigenvalue weighted by Crippen LogP contribution is 2.29. The van der Waals surface area contributed by atoms with E-state index in [1.165, 1.54) is 7.11 Å². The van der Waals surface area contributed by atoms with Crippen LogP contribution in [0, 0.1) is 0 Å². The number of aromatic nitrogens is 2. The second-order valence-electron chi connectivity index (χ2n) is 8.20. The highest BCUT2D eigenvalue weighted by molar-refractivity contribution is 7.75. The van der Waals surface area contributed by atoms with Gasteiger partial charge in [0, 0.05) is 34.8 Å². The Bertz CT molecular complexity index is 1340. The molecule has 1 heterocycles. The summed E-state index contributed by atoms with van der Waals surface area (Å²) >= 11 is 0. The number of hydrogen-bond donors (Lipinski definition) is 4. The number of rotatable bonds is 11. The minimum Gasteiger partial charge on any atom is -0.469 e. The van der Waals surface area contributed by atoms with Gasteiger partial charge in [-0.1, -0.05) is 24.3 Å². The molecule has 2 atom stereocenters. The molecule has 3 aromatic rings. The first-order chi connectivity index (χ1) is 18.3. The Hall–Kier alpha value is -4.03. The predicted molar refractivity (Wildman–Crippen MR) is 145 cm³/mol. The van der Waals surface area contributed by atoms with Crippen LogP contribution in [0.1, 0.15) is 25.8 Å². The van der Waals surface area contributed by atoms with Gasteiger partial charge in [-0.3, -0.25) is 4.79 Å². The zero-order chi connectivity index (χ0) is 27.5. The fraction of sp³-hybridized carbons (Fsp3) is 0.308. The van der Waals surface area contributed by atoms with Crippen LogP contribution in [0.5, 0.6) is 0 Å². The molecule has 1 unspecified atom stereocenters. The number of amides is 1. The van der Waals surface area contributed by atoms with Crippen LogP contribution in [0.15, 0.2) is 64.0 Å². The number of anilines is 3. The van der Waals surface area contributed by atoms with E-state index in [-0.39, 0.29) is 31.6 Å². The van der Waals surface area contributed by atoms with Gasteiger partial charge in [0.05, 0.1) is 30.9 Å². The summed E-state index contributed by atoms with van der Waals surface area (Å²) in [5.74, 6) is 0.542. The Morgan fingerprint density at radius 2 is 1.95 bits per heavy atom. The van der Waals surface area contributed by atoms with Crippen LogP contribution in [0.3, 0.4) is 0 Å². The Balaban J connectivity index is 1.83. The normalized spacial score (nSPS) is 12.4. The van der Waals surface area contributed by atoms with Crippen LogP contribution in [-0.4, -0.2) is 57.7 Å². The van der Waals surface area contributed by atoms with Crippen LogP contribution in [0.4, 0.5) is 22.2 Å². The first-order valence-corrected chi connectivity index (χ1v) is 13.2. The standard InChI is InChI=1S/C26H31N5O6S/c1-4-37-26(34)31-38(35)21-11-9-20(10-12-21)29-25-27-15-22(24(30-25)28-17(2)16-32)19-7-5-6-18(14-19)8-13-23(33)36-3/h5-7,9-12,14-15,17,32,38H,4,8,13,16H2,1-3H3,(H2,27,28,29,30)/t17-/m1/s1. The summed E-state index contributed by atoms with van der Waals surface area (Å²) in [4.78, 5) is 32.4. The van der Waals surface area contributed by atoms with Gasteiger partial charge in [0.15, 0.2) is 0 Å². The summed E-state index contributed by atoms with van der Waals surface area (Å²) in [6.07, 6.45) is 1.61. The van der Waals surface area contributed by atoms with Gasteiger partial charge < -0.3 is 25.2 Å². The molecule has 1 amide bonds. The van der Waals surface area contributed by atoms with E-state index in [9.17, 15) is 18.9 Å². The maximum Gasteiger partial charge on any atom is 0.441 e. The number of aryl methyl sites for hydroxylation is 1. The van der Waals surface area contributed by atoms with E-state index in [0.717, 1.165) is 16.7 Å². The first kappa shape index (κ1) is 28.5. The smallest absolute Gasteiger partial charge is 0.441 e. The number of esters is 1. The molecule has 0 saturated heterocycles. The van der Waals surface area contributed by atoms with Crippen molar-refractivity contribution in [3.8, 4) is 11.1 Å². The lowest BCUT2D eigenvalue weighted by atomic mass is 10.0. The number of carbonyl (C=O) groups is 2. The van der Waals surface area contributed by atoms with Crippen molar-refractivity contribution in [2.45, 2.75) is 37.6 Å². The minimum absolute atomic E-state index is 0.0954. The average Bonchev–Trinajstić information content (AvgIpc) is 2.92. The molecular weight excluding hydrogens is 510 g/mol. The molecule has 11 nitrogen and oxygen atoms in total. The summed E-state index contributed by atoms with van der Waals surface area (Å²) in [5, 5.41) is 15.9. The summed E-state index contributed by atoms with van der Waals surface area (Å²) in [5.41, 5.74) is 3.17. The number of nitrogens with zero attached hydrogens (tertiary/aromatic N) is 3. The van der Waals surface area contributed by atoms with E-state index in [0.29, 0.717) is 28.8 Å². The molecule has 0 fully saturated rings. The van der Waals surface area contributed by atoms with Crippen molar-refractivity contribution in [1.82, 2.24) is 9.97 Å². The summed E-state index contributed by atoms with van der Waals surface area (Å²) < 4.78 is 25.2. The highest BCUT2D eigenvalue weighted by atomic mass is 32.2. The second-order valence-corrected chi connectivity index (χ2v) is 9.47. The van der Waals surface area contributed by atoms with Crippen LogP contribution >= 0.6 is 0 Å². The van der Waals surface area contributed by atoms with Crippen LogP contribution in [0.2, 0.25) is 0 Å².